The van der Waals surface area contributed by atoms with Gasteiger partial charge < -0.3 is 15.0 Å². The van der Waals surface area contributed by atoms with Crippen LogP contribution in [0.4, 0.5) is 5.69 Å². The lowest BCUT2D eigenvalue weighted by Gasteiger charge is -2.08. The topological polar surface area (TPSA) is 67.0 Å². The number of hydrogen-bond donors (Lipinski definition) is 2. The van der Waals surface area contributed by atoms with Crippen molar-refractivity contribution in [1.82, 2.24) is 9.97 Å². The van der Waals surface area contributed by atoms with Gasteiger partial charge >= 0.3 is 0 Å². The second-order valence-electron chi connectivity index (χ2n) is 5.23. The standard InChI is InChI=1S/C18H12ClN3O2/c19-13-5-1-2-6-14(13)22-17-9-15(23)16(24-17)8-11-10-21-18-12(11)4-3-7-20-18/h1-10,22H,(H,20,21)/b16-8+. The molecule has 0 radical (unpaired) electrons. The average Bonchev–Trinajstić information content (AvgIpc) is 3.14. The van der Waals surface area contributed by atoms with E-state index in [4.69, 9.17) is 16.3 Å². The molecule has 0 unspecified atom stereocenters. The fourth-order valence-electron chi connectivity index (χ4n) is 2.48. The van der Waals surface area contributed by atoms with E-state index in [0.717, 1.165) is 16.6 Å². The number of halogens is 1. The van der Waals surface area contributed by atoms with Crippen LogP contribution in [-0.4, -0.2) is 15.8 Å². The predicted octanol–water partition coefficient (Wildman–Crippen LogP) is 4.11. The number of allylic oxidation sites excluding steroid dienone is 1. The highest BCUT2D eigenvalue weighted by atomic mass is 35.5. The number of nitrogens with zero attached hydrogens (tertiary/aromatic N) is 1. The van der Waals surface area contributed by atoms with E-state index in [1.165, 1.54) is 6.08 Å². The van der Waals surface area contributed by atoms with Gasteiger partial charge in [0.05, 0.1) is 16.8 Å². The summed E-state index contributed by atoms with van der Waals surface area (Å²) >= 11 is 6.10. The highest BCUT2D eigenvalue weighted by Gasteiger charge is 2.22. The summed E-state index contributed by atoms with van der Waals surface area (Å²) in [7, 11) is 0. The molecule has 1 aliphatic heterocycles. The van der Waals surface area contributed by atoms with Crippen molar-refractivity contribution in [3.8, 4) is 0 Å². The number of anilines is 1. The second kappa shape index (κ2) is 5.86. The number of hydrogen-bond acceptors (Lipinski definition) is 4. The Kier molecular flexibility index (Phi) is 3.55. The number of carbonyl (C=O) groups excluding carboxylic acids is 1. The Morgan fingerprint density at radius 1 is 1.21 bits per heavy atom. The SMILES string of the molecule is O=C1C=C(Nc2ccccc2Cl)O/C1=C/c1c[nH]c2ncccc12. The van der Waals surface area contributed by atoms with E-state index in [2.05, 4.69) is 15.3 Å². The minimum atomic E-state index is -0.206. The Hall–Kier alpha value is -3.05. The zero-order valence-electron chi connectivity index (χ0n) is 12.4. The van der Waals surface area contributed by atoms with Crippen LogP contribution in [0, 0.1) is 0 Å². The molecule has 118 valence electrons. The molecule has 2 N–H and O–H groups in total. The minimum Gasteiger partial charge on any atom is -0.437 e. The van der Waals surface area contributed by atoms with Crippen LogP contribution in [0.5, 0.6) is 0 Å². The summed E-state index contributed by atoms with van der Waals surface area (Å²) in [6.45, 7) is 0. The van der Waals surface area contributed by atoms with Crippen LogP contribution in [0.2, 0.25) is 5.02 Å². The van der Waals surface area contributed by atoms with Gasteiger partial charge in [-0.25, -0.2) is 4.98 Å². The van der Waals surface area contributed by atoms with Crippen LogP contribution in [0.1, 0.15) is 5.56 Å². The third kappa shape index (κ3) is 2.66. The van der Waals surface area contributed by atoms with Crippen LogP contribution in [0.25, 0.3) is 17.1 Å². The van der Waals surface area contributed by atoms with Crippen LogP contribution in [-0.2, 0) is 9.53 Å². The van der Waals surface area contributed by atoms with E-state index in [1.807, 2.05) is 30.3 Å². The molecule has 5 nitrogen and oxygen atoms in total. The van der Waals surface area contributed by atoms with Crippen LogP contribution >= 0.6 is 11.6 Å². The average molecular weight is 338 g/mol. The molecule has 1 aromatic carbocycles. The van der Waals surface area contributed by atoms with Gasteiger partial charge in [0.2, 0.25) is 11.7 Å². The smallest absolute Gasteiger partial charge is 0.226 e. The number of pyridine rings is 1. The maximum absolute atomic E-state index is 12.2. The number of para-hydroxylation sites is 1. The van der Waals surface area contributed by atoms with E-state index < -0.39 is 0 Å². The van der Waals surface area contributed by atoms with Crippen molar-refractivity contribution in [3.63, 3.8) is 0 Å². The lowest BCUT2D eigenvalue weighted by atomic mass is 10.2. The summed E-state index contributed by atoms with van der Waals surface area (Å²) in [5.41, 5.74) is 2.28. The molecule has 0 bridgehead atoms. The molecule has 0 aliphatic carbocycles. The number of ketones is 1. The molecular weight excluding hydrogens is 326 g/mol. The number of ether oxygens (including phenoxy) is 1. The summed E-state index contributed by atoms with van der Waals surface area (Å²) in [4.78, 5) is 19.4. The molecule has 4 rings (SSSR count). The summed E-state index contributed by atoms with van der Waals surface area (Å²) in [6, 6.07) is 11.0. The first kappa shape index (κ1) is 14.5. The van der Waals surface area contributed by atoms with Gasteiger partial charge in [-0.3, -0.25) is 4.79 Å². The molecule has 0 atom stereocenters. The number of rotatable bonds is 3. The Labute approximate surface area is 142 Å². The Morgan fingerprint density at radius 3 is 2.96 bits per heavy atom. The normalized spacial score (nSPS) is 15.6. The molecule has 0 saturated carbocycles. The van der Waals surface area contributed by atoms with Crippen LogP contribution < -0.4 is 5.32 Å². The highest BCUT2D eigenvalue weighted by molar-refractivity contribution is 6.33. The molecule has 3 heterocycles. The molecule has 0 spiro atoms. The van der Waals surface area contributed by atoms with Crippen molar-refractivity contribution in [2.24, 2.45) is 0 Å². The van der Waals surface area contributed by atoms with Gasteiger partial charge in [0, 0.05) is 23.3 Å². The summed E-state index contributed by atoms with van der Waals surface area (Å²) in [5.74, 6) is 0.384. The van der Waals surface area contributed by atoms with Gasteiger partial charge in [-0.1, -0.05) is 23.7 Å². The van der Waals surface area contributed by atoms with Gasteiger partial charge in [0.25, 0.3) is 0 Å². The van der Waals surface area contributed by atoms with Crippen molar-refractivity contribution in [3.05, 3.63) is 77.1 Å². The third-order valence-electron chi connectivity index (χ3n) is 3.63. The summed E-state index contributed by atoms with van der Waals surface area (Å²) in [5, 5.41) is 4.49. The Balaban J connectivity index is 1.59. The monoisotopic (exact) mass is 337 g/mol. The van der Waals surface area contributed by atoms with Crippen LogP contribution in [0.15, 0.2) is 66.5 Å². The number of benzene rings is 1. The second-order valence-corrected chi connectivity index (χ2v) is 5.64. The fourth-order valence-corrected chi connectivity index (χ4v) is 2.67. The summed E-state index contributed by atoms with van der Waals surface area (Å²) in [6.07, 6.45) is 6.60. The predicted molar refractivity (Wildman–Crippen MR) is 93.3 cm³/mol. The molecule has 1 aliphatic rings. The van der Waals surface area contributed by atoms with Crippen LogP contribution in [0.3, 0.4) is 0 Å². The van der Waals surface area contributed by atoms with Gasteiger partial charge in [0.1, 0.15) is 5.65 Å². The number of fused-ring (bicyclic) bond motifs is 1. The maximum atomic E-state index is 12.2. The molecule has 0 amide bonds. The first-order chi connectivity index (χ1) is 11.7. The van der Waals surface area contributed by atoms with Gasteiger partial charge in [-0.15, -0.1) is 0 Å². The van der Waals surface area contributed by atoms with Gasteiger partial charge in [-0.2, -0.15) is 0 Å². The third-order valence-corrected chi connectivity index (χ3v) is 3.96. The molecule has 6 heteroatoms. The van der Waals surface area contributed by atoms with Crippen molar-refractivity contribution in [1.29, 1.82) is 0 Å². The number of H-pyrrole nitrogens is 1. The van der Waals surface area contributed by atoms with Crippen molar-refractivity contribution >= 4 is 40.2 Å². The Bertz CT molecular complexity index is 1000. The molecule has 0 saturated heterocycles. The van der Waals surface area contributed by atoms with E-state index in [1.54, 1.807) is 24.5 Å². The van der Waals surface area contributed by atoms with E-state index in [0.29, 0.717) is 16.6 Å². The fraction of sp³-hybridized carbons (Fsp3) is 0. The number of nitrogens with one attached hydrogen (secondary N) is 2. The molecule has 24 heavy (non-hydrogen) atoms. The maximum Gasteiger partial charge on any atom is 0.226 e. The minimum absolute atomic E-state index is 0.206. The van der Waals surface area contributed by atoms with E-state index in [9.17, 15) is 4.79 Å². The lowest BCUT2D eigenvalue weighted by Crippen LogP contribution is -1.99. The first-order valence-corrected chi connectivity index (χ1v) is 7.68. The molecular formula is C18H12ClN3O2. The quantitative estimate of drug-likeness (QED) is 0.706. The molecule has 3 aromatic rings. The lowest BCUT2D eigenvalue weighted by molar-refractivity contribution is -0.112. The van der Waals surface area contributed by atoms with Crippen molar-refractivity contribution in [2.45, 2.75) is 0 Å². The Morgan fingerprint density at radius 2 is 2.08 bits per heavy atom. The van der Waals surface area contributed by atoms with Crippen molar-refractivity contribution in [2.75, 3.05) is 5.32 Å². The first-order valence-electron chi connectivity index (χ1n) is 7.30. The van der Waals surface area contributed by atoms with Gasteiger partial charge in [-0.05, 0) is 30.3 Å². The zero-order chi connectivity index (χ0) is 16.5. The number of carbonyl (C=O) groups is 1. The van der Waals surface area contributed by atoms with E-state index >= 15 is 0 Å². The highest BCUT2D eigenvalue weighted by Crippen LogP contribution is 2.27. The molecule has 0 fully saturated rings. The molecule has 2 aromatic heterocycles. The van der Waals surface area contributed by atoms with Crippen molar-refractivity contribution < 1.29 is 9.53 Å². The number of aromatic nitrogens is 2. The van der Waals surface area contributed by atoms with E-state index in [-0.39, 0.29) is 11.5 Å². The summed E-state index contributed by atoms with van der Waals surface area (Å²) < 4.78 is 5.62. The largest absolute Gasteiger partial charge is 0.437 e. The zero-order valence-corrected chi connectivity index (χ0v) is 13.2. The van der Waals surface area contributed by atoms with Gasteiger partial charge in [0.15, 0.2) is 5.76 Å². The number of aromatic amines is 1.